The van der Waals surface area contributed by atoms with Crippen molar-refractivity contribution in [1.29, 1.82) is 5.26 Å². The zero-order valence-corrected chi connectivity index (χ0v) is 16.6. The van der Waals surface area contributed by atoms with Gasteiger partial charge < -0.3 is 15.4 Å². The van der Waals surface area contributed by atoms with Gasteiger partial charge in [0.05, 0.1) is 18.2 Å². The van der Waals surface area contributed by atoms with Crippen LogP contribution in [0.1, 0.15) is 31.7 Å². The van der Waals surface area contributed by atoms with Crippen molar-refractivity contribution in [3.63, 3.8) is 0 Å². The maximum absolute atomic E-state index is 11.9. The number of carbonyl (C=O) groups is 1. The molecule has 1 aliphatic heterocycles. The Hall–Kier alpha value is -3.18. The van der Waals surface area contributed by atoms with Crippen molar-refractivity contribution in [2.45, 2.75) is 32.2 Å². The first-order valence-electron chi connectivity index (χ1n) is 9.93. The van der Waals surface area contributed by atoms with Crippen LogP contribution >= 0.6 is 0 Å². The third kappa shape index (κ3) is 6.43. The van der Waals surface area contributed by atoms with Gasteiger partial charge in [-0.2, -0.15) is 10.2 Å². The number of carbonyl (C=O) groups excluding carboxylic acids is 1. The molecule has 0 bridgehead atoms. The molecule has 1 aromatic carbocycles. The third-order valence-corrected chi connectivity index (χ3v) is 4.68. The van der Waals surface area contributed by atoms with E-state index in [0.717, 1.165) is 38.9 Å². The van der Waals surface area contributed by atoms with E-state index in [1.54, 1.807) is 36.5 Å². The van der Waals surface area contributed by atoms with Gasteiger partial charge in [0.25, 0.3) is 0 Å². The van der Waals surface area contributed by atoms with E-state index in [1.165, 1.54) is 0 Å². The number of benzene rings is 1. The number of nitriles is 1. The van der Waals surface area contributed by atoms with Gasteiger partial charge in [-0.15, -0.1) is 0 Å². The Morgan fingerprint density at radius 3 is 2.93 bits per heavy atom. The van der Waals surface area contributed by atoms with Crippen LogP contribution in [0, 0.1) is 11.3 Å². The second kappa shape index (κ2) is 10.4. The first-order chi connectivity index (χ1) is 14.2. The lowest BCUT2D eigenvalue weighted by atomic mass is 10.1. The highest BCUT2D eigenvalue weighted by Crippen LogP contribution is 2.21. The second-order valence-electron chi connectivity index (χ2n) is 7.00. The molecule has 2 heterocycles. The standard InChI is InChI=1S/C21H26N6O2/c1-2-9-23-19(28)15-27-11-7-17(8-12-27)25-21-24-10-6-20(26-21)29-18-5-3-4-16(13-18)14-22/h3-6,10,13,17H,2,7-9,11-12,15H2,1H3,(H,23,28)(H,24,25,26). The molecule has 1 amide bonds. The normalized spacial score (nSPS) is 14.8. The van der Waals surface area contributed by atoms with Crippen molar-refractivity contribution < 1.29 is 9.53 Å². The molecule has 1 fully saturated rings. The van der Waals surface area contributed by atoms with Gasteiger partial charge in [0.2, 0.25) is 17.7 Å². The third-order valence-electron chi connectivity index (χ3n) is 4.68. The van der Waals surface area contributed by atoms with E-state index >= 15 is 0 Å². The monoisotopic (exact) mass is 394 g/mol. The minimum atomic E-state index is 0.0897. The average molecular weight is 394 g/mol. The first-order valence-corrected chi connectivity index (χ1v) is 9.93. The predicted octanol–water partition coefficient (Wildman–Crippen LogP) is 2.54. The number of nitrogens with one attached hydrogen (secondary N) is 2. The maximum atomic E-state index is 11.9. The van der Waals surface area contributed by atoms with Crippen LogP contribution in [0.25, 0.3) is 0 Å². The minimum Gasteiger partial charge on any atom is -0.439 e. The lowest BCUT2D eigenvalue weighted by Crippen LogP contribution is -2.44. The van der Waals surface area contributed by atoms with Gasteiger partial charge in [0, 0.05) is 37.9 Å². The molecule has 2 N–H and O–H groups in total. The van der Waals surface area contributed by atoms with Crippen LogP contribution in [0.3, 0.4) is 0 Å². The Balaban J connectivity index is 1.49. The molecule has 29 heavy (non-hydrogen) atoms. The molecule has 8 heteroatoms. The first kappa shape index (κ1) is 20.6. The minimum absolute atomic E-state index is 0.0897. The number of amides is 1. The lowest BCUT2D eigenvalue weighted by molar-refractivity contribution is -0.122. The fourth-order valence-electron chi connectivity index (χ4n) is 3.16. The topological polar surface area (TPSA) is 103 Å². The van der Waals surface area contributed by atoms with Gasteiger partial charge >= 0.3 is 0 Å². The quantitative estimate of drug-likeness (QED) is 0.709. The van der Waals surface area contributed by atoms with E-state index in [9.17, 15) is 4.79 Å². The Kier molecular flexibility index (Phi) is 7.36. The zero-order chi connectivity index (χ0) is 20.5. The van der Waals surface area contributed by atoms with E-state index in [1.807, 2.05) is 6.92 Å². The predicted molar refractivity (Wildman–Crippen MR) is 110 cm³/mol. The molecule has 0 radical (unpaired) electrons. The molecule has 8 nitrogen and oxygen atoms in total. The van der Waals surface area contributed by atoms with Crippen molar-refractivity contribution >= 4 is 11.9 Å². The SMILES string of the molecule is CCCNC(=O)CN1CCC(Nc2nccc(Oc3cccc(C#N)c3)n2)CC1. The number of hydrogen-bond acceptors (Lipinski definition) is 7. The summed E-state index contributed by atoms with van der Waals surface area (Å²) in [5, 5.41) is 15.3. The number of ether oxygens (including phenoxy) is 1. The number of hydrogen-bond donors (Lipinski definition) is 2. The Morgan fingerprint density at radius 2 is 2.17 bits per heavy atom. The fourth-order valence-corrected chi connectivity index (χ4v) is 3.16. The molecular weight excluding hydrogens is 368 g/mol. The van der Waals surface area contributed by atoms with Crippen molar-refractivity contribution in [2.75, 3.05) is 31.5 Å². The van der Waals surface area contributed by atoms with Crippen LogP contribution in [0.2, 0.25) is 0 Å². The molecule has 1 aliphatic rings. The molecular formula is C21H26N6O2. The molecule has 0 atom stereocenters. The zero-order valence-electron chi connectivity index (χ0n) is 16.6. The average Bonchev–Trinajstić information content (AvgIpc) is 2.74. The van der Waals surface area contributed by atoms with Crippen molar-refractivity contribution in [3.8, 4) is 17.7 Å². The molecule has 0 unspecified atom stereocenters. The van der Waals surface area contributed by atoms with Crippen LogP contribution in [-0.2, 0) is 4.79 Å². The van der Waals surface area contributed by atoms with Gasteiger partial charge in [-0.05, 0) is 37.5 Å². The van der Waals surface area contributed by atoms with E-state index in [0.29, 0.717) is 29.7 Å². The van der Waals surface area contributed by atoms with Gasteiger partial charge in [-0.25, -0.2) is 4.98 Å². The summed E-state index contributed by atoms with van der Waals surface area (Å²) in [4.78, 5) is 22.7. The second-order valence-corrected chi connectivity index (χ2v) is 7.00. The van der Waals surface area contributed by atoms with Gasteiger partial charge in [0.15, 0.2) is 0 Å². The van der Waals surface area contributed by atoms with E-state index in [-0.39, 0.29) is 11.9 Å². The van der Waals surface area contributed by atoms with E-state index in [2.05, 4.69) is 31.6 Å². The van der Waals surface area contributed by atoms with E-state index < -0.39 is 0 Å². The van der Waals surface area contributed by atoms with Crippen LogP contribution in [0.15, 0.2) is 36.5 Å². The number of piperidine rings is 1. The van der Waals surface area contributed by atoms with Gasteiger partial charge in [-0.3, -0.25) is 9.69 Å². The van der Waals surface area contributed by atoms with Crippen LogP contribution in [0.5, 0.6) is 11.6 Å². The molecule has 0 aliphatic carbocycles. The molecule has 3 rings (SSSR count). The molecule has 1 aromatic heterocycles. The summed E-state index contributed by atoms with van der Waals surface area (Å²) in [7, 11) is 0. The fraction of sp³-hybridized carbons (Fsp3) is 0.429. The highest BCUT2D eigenvalue weighted by Gasteiger charge is 2.21. The number of nitrogens with zero attached hydrogens (tertiary/aromatic N) is 4. The number of aromatic nitrogens is 2. The van der Waals surface area contributed by atoms with Crippen molar-refractivity contribution in [2.24, 2.45) is 0 Å². The van der Waals surface area contributed by atoms with Crippen molar-refractivity contribution in [1.82, 2.24) is 20.2 Å². The summed E-state index contributed by atoms with van der Waals surface area (Å²) in [6, 6.07) is 11.0. The summed E-state index contributed by atoms with van der Waals surface area (Å²) < 4.78 is 5.75. The van der Waals surface area contributed by atoms with Crippen LogP contribution < -0.4 is 15.4 Å². The molecule has 1 saturated heterocycles. The summed E-state index contributed by atoms with van der Waals surface area (Å²) >= 11 is 0. The molecule has 152 valence electrons. The summed E-state index contributed by atoms with van der Waals surface area (Å²) in [6.45, 7) is 4.94. The highest BCUT2D eigenvalue weighted by atomic mass is 16.5. The maximum Gasteiger partial charge on any atom is 0.234 e. The Labute approximate surface area is 170 Å². The van der Waals surface area contributed by atoms with Crippen molar-refractivity contribution in [3.05, 3.63) is 42.1 Å². The smallest absolute Gasteiger partial charge is 0.234 e. The lowest BCUT2D eigenvalue weighted by Gasteiger charge is -2.31. The van der Waals surface area contributed by atoms with Gasteiger partial charge in [-0.1, -0.05) is 13.0 Å². The van der Waals surface area contributed by atoms with Gasteiger partial charge in [0.1, 0.15) is 5.75 Å². The molecule has 0 saturated carbocycles. The summed E-state index contributed by atoms with van der Waals surface area (Å²) in [5.41, 5.74) is 0.532. The number of likely N-dealkylation sites (tertiary alicyclic amines) is 1. The Morgan fingerprint density at radius 1 is 1.34 bits per heavy atom. The summed E-state index contributed by atoms with van der Waals surface area (Å²) in [6.07, 6.45) is 4.43. The Bertz CT molecular complexity index is 858. The molecule has 0 spiro atoms. The summed E-state index contributed by atoms with van der Waals surface area (Å²) in [5.74, 6) is 1.58. The van der Waals surface area contributed by atoms with Crippen LogP contribution in [-0.4, -0.2) is 53.0 Å². The largest absolute Gasteiger partial charge is 0.439 e. The number of rotatable bonds is 8. The molecule has 2 aromatic rings. The van der Waals surface area contributed by atoms with Crippen LogP contribution in [0.4, 0.5) is 5.95 Å². The number of anilines is 1. The highest BCUT2D eigenvalue weighted by molar-refractivity contribution is 5.77. The van der Waals surface area contributed by atoms with E-state index in [4.69, 9.17) is 10.00 Å².